The van der Waals surface area contributed by atoms with Crippen molar-refractivity contribution in [3.05, 3.63) is 46.5 Å². The molecule has 2 aromatic carbocycles. The van der Waals surface area contributed by atoms with E-state index < -0.39 is 11.9 Å². The summed E-state index contributed by atoms with van der Waals surface area (Å²) in [6.45, 7) is 10.6. The molecule has 3 aliphatic heterocycles. The van der Waals surface area contributed by atoms with E-state index in [1.165, 1.54) is 17.2 Å². The number of hydrogen-bond acceptors (Lipinski definition) is 6. The van der Waals surface area contributed by atoms with Crippen molar-refractivity contribution in [2.24, 2.45) is 0 Å². The van der Waals surface area contributed by atoms with Crippen LogP contribution in [0.4, 0.5) is 19.3 Å². The van der Waals surface area contributed by atoms with Crippen LogP contribution in [0.5, 0.6) is 17.2 Å². The zero-order chi connectivity index (χ0) is 25.0. The van der Waals surface area contributed by atoms with Crippen LogP contribution in [0.1, 0.15) is 43.0 Å². The molecule has 3 aliphatic rings. The number of nitrogens with zero attached hydrogens (tertiary/aromatic N) is 2. The summed E-state index contributed by atoms with van der Waals surface area (Å²) in [5.74, 6) is 0.893. The van der Waals surface area contributed by atoms with Gasteiger partial charge in [0.2, 0.25) is 0 Å². The molecule has 0 bridgehead atoms. The van der Waals surface area contributed by atoms with Gasteiger partial charge in [-0.1, -0.05) is 6.07 Å². The highest BCUT2D eigenvalue weighted by Crippen LogP contribution is 2.43. The summed E-state index contributed by atoms with van der Waals surface area (Å²) in [6, 6.07) is 6.98. The standard InChI is InChI=1S/C26H30F2N2O5/c1-16-19-8-10-29(24(31)35-25(2,3)4)9-7-18(19)14-22-23(16)30(11-12-32-22)15-17-5-6-20-21(13-17)34-26(27,28)33-20/h5-6,13-14H,7-12,15H2,1-4H3. The van der Waals surface area contributed by atoms with Crippen LogP contribution >= 0.6 is 0 Å². The number of carbonyl (C=O) groups is 1. The zero-order valence-electron chi connectivity index (χ0n) is 20.5. The Morgan fingerprint density at radius 1 is 1.06 bits per heavy atom. The minimum Gasteiger partial charge on any atom is -0.490 e. The van der Waals surface area contributed by atoms with E-state index in [1.54, 1.807) is 17.0 Å². The van der Waals surface area contributed by atoms with Gasteiger partial charge in [-0.25, -0.2) is 4.79 Å². The first kappa shape index (κ1) is 23.5. The first-order chi connectivity index (χ1) is 16.5. The van der Waals surface area contributed by atoms with Crippen molar-refractivity contribution in [2.45, 2.75) is 59.0 Å². The lowest BCUT2D eigenvalue weighted by Crippen LogP contribution is -2.38. The average Bonchev–Trinajstić information content (AvgIpc) is 2.91. The SMILES string of the molecule is Cc1c2c(cc3c1N(Cc1ccc4c(c1)OC(F)(F)O4)CCO3)CCN(C(=O)OC(C)(C)C)CC2. The third-order valence-corrected chi connectivity index (χ3v) is 6.44. The second-order valence-electron chi connectivity index (χ2n) is 10.2. The first-order valence-electron chi connectivity index (χ1n) is 11.9. The molecule has 0 atom stereocenters. The number of benzene rings is 2. The normalized spacial score (nSPS) is 18.3. The Morgan fingerprint density at radius 2 is 1.80 bits per heavy atom. The molecule has 0 aliphatic carbocycles. The number of rotatable bonds is 2. The van der Waals surface area contributed by atoms with Gasteiger partial charge in [0.05, 0.1) is 12.2 Å². The molecule has 188 valence electrons. The van der Waals surface area contributed by atoms with Gasteiger partial charge in [0, 0.05) is 19.6 Å². The Labute approximate surface area is 203 Å². The topological polar surface area (TPSA) is 60.5 Å². The molecule has 0 radical (unpaired) electrons. The van der Waals surface area contributed by atoms with E-state index in [9.17, 15) is 13.6 Å². The number of amides is 1. The Balaban J connectivity index is 1.38. The Morgan fingerprint density at radius 3 is 2.57 bits per heavy atom. The maximum Gasteiger partial charge on any atom is 0.586 e. The number of hydrogen-bond donors (Lipinski definition) is 0. The highest BCUT2D eigenvalue weighted by atomic mass is 19.3. The molecule has 0 spiro atoms. The monoisotopic (exact) mass is 488 g/mol. The molecule has 0 unspecified atom stereocenters. The second-order valence-corrected chi connectivity index (χ2v) is 10.2. The van der Waals surface area contributed by atoms with Crippen molar-refractivity contribution < 1.29 is 32.5 Å². The number of carbonyl (C=O) groups excluding carboxylic acids is 1. The molecule has 35 heavy (non-hydrogen) atoms. The number of halogens is 2. The van der Waals surface area contributed by atoms with Crippen LogP contribution in [0.2, 0.25) is 0 Å². The van der Waals surface area contributed by atoms with E-state index in [-0.39, 0.29) is 17.6 Å². The smallest absolute Gasteiger partial charge is 0.490 e. The minimum atomic E-state index is -3.63. The lowest BCUT2D eigenvalue weighted by Gasteiger charge is -2.34. The Bertz CT molecular complexity index is 1160. The fraction of sp³-hybridized carbons (Fsp3) is 0.500. The lowest BCUT2D eigenvalue weighted by atomic mass is 9.94. The van der Waals surface area contributed by atoms with E-state index in [4.69, 9.17) is 9.47 Å². The molecule has 0 N–H and O–H groups in total. The van der Waals surface area contributed by atoms with Gasteiger partial charge in [-0.2, -0.15) is 0 Å². The fourth-order valence-electron chi connectivity index (χ4n) is 4.93. The van der Waals surface area contributed by atoms with Crippen molar-refractivity contribution in [3.63, 3.8) is 0 Å². The number of fused-ring (bicyclic) bond motifs is 3. The van der Waals surface area contributed by atoms with Crippen LogP contribution in [0.3, 0.4) is 0 Å². The van der Waals surface area contributed by atoms with E-state index in [0.29, 0.717) is 32.8 Å². The van der Waals surface area contributed by atoms with E-state index in [1.807, 2.05) is 20.8 Å². The Hall–Kier alpha value is -3.23. The van der Waals surface area contributed by atoms with Crippen LogP contribution in [0.25, 0.3) is 0 Å². The molecule has 5 rings (SSSR count). The van der Waals surface area contributed by atoms with Gasteiger partial charge in [-0.15, -0.1) is 8.78 Å². The molecular weight excluding hydrogens is 458 g/mol. The van der Waals surface area contributed by atoms with Crippen molar-refractivity contribution in [3.8, 4) is 17.2 Å². The van der Waals surface area contributed by atoms with Crippen LogP contribution < -0.4 is 19.1 Å². The molecule has 0 saturated heterocycles. The maximum absolute atomic E-state index is 13.4. The number of alkyl halides is 2. The number of anilines is 1. The van der Waals surface area contributed by atoms with Crippen LogP contribution in [0, 0.1) is 6.92 Å². The molecule has 2 aromatic rings. The van der Waals surface area contributed by atoms with Gasteiger partial charge in [0.25, 0.3) is 0 Å². The molecule has 0 fully saturated rings. The maximum atomic E-state index is 13.4. The van der Waals surface area contributed by atoms with Crippen LogP contribution in [-0.2, 0) is 24.1 Å². The summed E-state index contributed by atoms with van der Waals surface area (Å²) < 4.78 is 47.6. The van der Waals surface area contributed by atoms with Gasteiger partial charge in [0.1, 0.15) is 18.0 Å². The molecule has 1 amide bonds. The van der Waals surface area contributed by atoms with Crippen molar-refractivity contribution >= 4 is 11.8 Å². The summed E-state index contributed by atoms with van der Waals surface area (Å²) >= 11 is 0. The molecule has 7 nitrogen and oxygen atoms in total. The van der Waals surface area contributed by atoms with Crippen molar-refractivity contribution in [1.29, 1.82) is 0 Å². The lowest BCUT2D eigenvalue weighted by molar-refractivity contribution is -0.286. The molecule has 9 heteroatoms. The van der Waals surface area contributed by atoms with Crippen LogP contribution in [0.15, 0.2) is 24.3 Å². The summed E-state index contributed by atoms with van der Waals surface area (Å²) in [6.07, 6.45) is -2.48. The van der Waals surface area contributed by atoms with Gasteiger partial charge in [-0.3, -0.25) is 0 Å². The molecule has 0 saturated carbocycles. The van der Waals surface area contributed by atoms with Gasteiger partial charge in [-0.05, 0) is 81.0 Å². The van der Waals surface area contributed by atoms with E-state index in [0.717, 1.165) is 35.4 Å². The largest absolute Gasteiger partial charge is 0.586 e. The summed E-state index contributed by atoms with van der Waals surface area (Å²) in [7, 11) is 0. The minimum absolute atomic E-state index is 0.0390. The quantitative estimate of drug-likeness (QED) is 0.590. The summed E-state index contributed by atoms with van der Waals surface area (Å²) in [4.78, 5) is 16.6. The van der Waals surface area contributed by atoms with Gasteiger partial charge < -0.3 is 28.7 Å². The van der Waals surface area contributed by atoms with E-state index in [2.05, 4.69) is 27.4 Å². The summed E-state index contributed by atoms with van der Waals surface area (Å²) in [5.41, 5.74) is 4.82. The highest BCUT2D eigenvalue weighted by Gasteiger charge is 2.43. The molecule has 3 heterocycles. The van der Waals surface area contributed by atoms with Crippen molar-refractivity contribution in [2.75, 3.05) is 31.1 Å². The molecule has 0 aromatic heterocycles. The molecular formula is C26H30F2N2O5. The highest BCUT2D eigenvalue weighted by molar-refractivity contribution is 5.71. The zero-order valence-corrected chi connectivity index (χ0v) is 20.5. The van der Waals surface area contributed by atoms with Gasteiger partial charge in [0.15, 0.2) is 11.5 Å². The fourth-order valence-corrected chi connectivity index (χ4v) is 4.93. The third kappa shape index (κ3) is 4.81. The third-order valence-electron chi connectivity index (χ3n) is 6.44. The average molecular weight is 489 g/mol. The second kappa shape index (κ2) is 8.46. The number of ether oxygens (including phenoxy) is 4. The Kier molecular flexibility index (Phi) is 5.68. The predicted octanol–water partition coefficient (Wildman–Crippen LogP) is 5.05. The van der Waals surface area contributed by atoms with Gasteiger partial charge >= 0.3 is 12.4 Å². The predicted molar refractivity (Wildman–Crippen MR) is 126 cm³/mol. The van der Waals surface area contributed by atoms with Crippen molar-refractivity contribution in [1.82, 2.24) is 4.90 Å². The van der Waals surface area contributed by atoms with Crippen LogP contribution in [-0.4, -0.2) is 49.1 Å². The van der Waals surface area contributed by atoms with E-state index >= 15 is 0 Å². The summed E-state index contributed by atoms with van der Waals surface area (Å²) in [5, 5.41) is 0. The first-order valence-corrected chi connectivity index (χ1v) is 11.9.